The van der Waals surface area contributed by atoms with Gasteiger partial charge in [-0.1, -0.05) is 66.5 Å². The van der Waals surface area contributed by atoms with Crippen LogP contribution in [0.3, 0.4) is 0 Å². The number of carbonyl (C=O) groups is 2. The number of sulfonamides is 1. The van der Waals surface area contributed by atoms with Gasteiger partial charge in [-0.25, -0.2) is 8.42 Å². The number of benzene rings is 3. The molecule has 0 spiro atoms. The molecule has 0 saturated heterocycles. The van der Waals surface area contributed by atoms with Crippen LogP contribution in [0.1, 0.15) is 31.4 Å². The highest BCUT2D eigenvalue weighted by molar-refractivity contribution is 14.1. The van der Waals surface area contributed by atoms with Crippen molar-refractivity contribution in [2.45, 2.75) is 45.3 Å². The fraction of sp³-hybridized carbons (Fsp3) is 0.310. The highest BCUT2D eigenvalue weighted by atomic mass is 127. The summed E-state index contributed by atoms with van der Waals surface area (Å²) in [5.74, 6) is -0.882. The Bertz CT molecular complexity index is 1420. The number of nitrogens with one attached hydrogen (secondary N) is 1. The first-order valence-electron chi connectivity index (χ1n) is 12.7. The summed E-state index contributed by atoms with van der Waals surface area (Å²) in [6.07, 6.45) is 1.98. The zero-order valence-corrected chi connectivity index (χ0v) is 27.0. The van der Waals surface area contributed by atoms with Crippen LogP contribution in [0, 0.1) is 3.57 Å². The Hall–Kier alpha value is -2.34. The van der Waals surface area contributed by atoms with Crippen molar-refractivity contribution >= 4 is 73.3 Å². The molecule has 0 aliphatic heterocycles. The summed E-state index contributed by atoms with van der Waals surface area (Å²) >= 11 is 14.7. The van der Waals surface area contributed by atoms with Gasteiger partial charge in [0, 0.05) is 32.6 Å². The van der Waals surface area contributed by atoms with Gasteiger partial charge in [0.05, 0.1) is 11.9 Å². The molecule has 1 N–H and O–H groups in total. The van der Waals surface area contributed by atoms with Crippen molar-refractivity contribution in [2.75, 3.05) is 17.1 Å². The van der Waals surface area contributed by atoms with Crippen LogP contribution in [-0.4, -0.2) is 50.0 Å². The molecule has 7 nitrogen and oxygen atoms in total. The van der Waals surface area contributed by atoms with Crippen molar-refractivity contribution in [3.05, 3.63) is 97.5 Å². The fourth-order valence-electron chi connectivity index (χ4n) is 4.05. The van der Waals surface area contributed by atoms with Crippen LogP contribution in [0.2, 0.25) is 10.0 Å². The molecule has 0 aliphatic rings. The number of hydrogen-bond donors (Lipinski definition) is 1. The maximum absolute atomic E-state index is 14.1. The lowest BCUT2D eigenvalue weighted by atomic mass is 10.0. The Morgan fingerprint density at radius 3 is 2.23 bits per heavy atom. The lowest BCUT2D eigenvalue weighted by Gasteiger charge is -2.34. The van der Waals surface area contributed by atoms with Crippen LogP contribution in [0.25, 0.3) is 0 Å². The first-order valence-corrected chi connectivity index (χ1v) is 16.4. The van der Waals surface area contributed by atoms with Gasteiger partial charge in [0.15, 0.2) is 0 Å². The molecule has 11 heteroatoms. The molecule has 0 bridgehead atoms. The standard InChI is InChI=1S/C29H32Cl2IN3O4S/c1-4-20(2)33-29(37)27(16-21-8-6-5-7-9-21)34(18-22-10-11-23(30)17-26(22)31)28(36)19-35(40(3,38)39)25-14-12-24(32)13-15-25/h5-15,17,20,27H,4,16,18-19H2,1-3H3,(H,33,37). The number of halogens is 3. The van der Waals surface area contributed by atoms with E-state index in [9.17, 15) is 18.0 Å². The van der Waals surface area contributed by atoms with Crippen molar-refractivity contribution < 1.29 is 18.0 Å². The lowest BCUT2D eigenvalue weighted by Crippen LogP contribution is -2.54. The van der Waals surface area contributed by atoms with Gasteiger partial charge in [-0.3, -0.25) is 13.9 Å². The van der Waals surface area contributed by atoms with E-state index in [1.165, 1.54) is 4.90 Å². The molecule has 0 fully saturated rings. The minimum Gasteiger partial charge on any atom is -0.352 e. The van der Waals surface area contributed by atoms with Gasteiger partial charge in [0.2, 0.25) is 21.8 Å². The molecule has 0 heterocycles. The number of anilines is 1. The molecule has 214 valence electrons. The number of rotatable bonds is 12. The Kier molecular flexibility index (Phi) is 11.7. The molecule has 3 aromatic rings. The van der Waals surface area contributed by atoms with E-state index in [4.69, 9.17) is 23.2 Å². The third-order valence-corrected chi connectivity index (χ3v) is 8.87. The van der Waals surface area contributed by atoms with E-state index >= 15 is 0 Å². The zero-order chi connectivity index (χ0) is 29.4. The second kappa shape index (κ2) is 14.5. The second-order valence-electron chi connectivity index (χ2n) is 9.53. The number of nitrogens with zero attached hydrogens (tertiary/aromatic N) is 2. The zero-order valence-electron chi connectivity index (χ0n) is 22.5. The molecular formula is C29H32Cl2IN3O4S. The topological polar surface area (TPSA) is 86.8 Å². The molecule has 0 saturated carbocycles. The van der Waals surface area contributed by atoms with Crippen LogP contribution in [0.4, 0.5) is 5.69 Å². The largest absolute Gasteiger partial charge is 0.352 e. The van der Waals surface area contributed by atoms with E-state index in [1.54, 1.807) is 42.5 Å². The van der Waals surface area contributed by atoms with Gasteiger partial charge in [0.25, 0.3) is 0 Å². The maximum atomic E-state index is 14.1. The number of hydrogen-bond acceptors (Lipinski definition) is 4. The molecule has 0 aromatic heterocycles. The summed E-state index contributed by atoms with van der Waals surface area (Å²) in [6, 6.07) is 20.1. The minimum atomic E-state index is -3.83. The van der Waals surface area contributed by atoms with E-state index in [1.807, 2.05) is 44.2 Å². The molecule has 2 atom stereocenters. The molecule has 3 rings (SSSR count). The Morgan fingerprint density at radius 2 is 1.65 bits per heavy atom. The van der Waals surface area contributed by atoms with Gasteiger partial charge < -0.3 is 10.2 Å². The van der Waals surface area contributed by atoms with Crippen molar-refractivity contribution in [2.24, 2.45) is 0 Å². The summed E-state index contributed by atoms with van der Waals surface area (Å²) in [5, 5.41) is 3.77. The Balaban J connectivity index is 2.08. The summed E-state index contributed by atoms with van der Waals surface area (Å²) in [6.45, 7) is 3.33. The van der Waals surface area contributed by atoms with E-state index in [0.29, 0.717) is 27.7 Å². The average Bonchev–Trinajstić information content (AvgIpc) is 2.90. The monoisotopic (exact) mass is 715 g/mol. The molecule has 3 aromatic carbocycles. The van der Waals surface area contributed by atoms with Gasteiger partial charge in [0.1, 0.15) is 12.6 Å². The highest BCUT2D eigenvalue weighted by Crippen LogP contribution is 2.25. The average molecular weight is 716 g/mol. The normalized spacial score (nSPS) is 12.8. The van der Waals surface area contributed by atoms with E-state index in [2.05, 4.69) is 27.9 Å². The van der Waals surface area contributed by atoms with E-state index < -0.39 is 28.5 Å². The summed E-state index contributed by atoms with van der Waals surface area (Å²) < 4.78 is 27.7. The van der Waals surface area contributed by atoms with E-state index in [-0.39, 0.29) is 24.9 Å². The van der Waals surface area contributed by atoms with Gasteiger partial charge in [-0.2, -0.15) is 0 Å². The SMILES string of the molecule is CCC(C)NC(=O)C(Cc1ccccc1)N(Cc1ccc(Cl)cc1Cl)C(=O)CN(c1ccc(I)cc1)S(C)(=O)=O. The summed E-state index contributed by atoms with van der Waals surface area (Å²) in [7, 11) is -3.83. The predicted octanol–water partition coefficient (Wildman–Crippen LogP) is 5.92. The van der Waals surface area contributed by atoms with Gasteiger partial charge >= 0.3 is 0 Å². The Morgan fingerprint density at radius 1 is 1.00 bits per heavy atom. The van der Waals surface area contributed by atoms with Gasteiger partial charge in [-0.05, 0) is 83.5 Å². The first kappa shape index (κ1) is 32.2. The van der Waals surface area contributed by atoms with E-state index in [0.717, 1.165) is 19.7 Å². The lowest BCUT2D eigenvalue weighted by molar-refractivity contribution is -0.140. The second-order valence-corrected chi connectivity index (χ2v) is 13.5. The molecule has 0 aliphatic carbocycles. The molecular weight excluding hydrogens is 684 g/mol. The molecule has 2 amide bonds. The summed E-state index contributed by atoms with van der Waals surface area (Å²) in [5.41, 5.74) is 1.78. The van der Waals surface area contributed by atoms with Crippen molar-refractivity contribution in [3.63, 3.8) is 0 Å². The Labute approximate surface area is 260 Å². The van der Waals surface area contributed by atoms with Crippen LogP contribution in [0.5, 0.6) is 0 Å². The third-order valence-electron chi connectivity index (χ3n) is 6.42. The number of amides is 2. The van der Waals surface area contributed by atoms with Crippen LogP contribution < -0.4 is 9.62 Å². The van der Waals surface area contributed by atoms with Crippen LogP contribution >= 0.6 is 45.8 Å². The smallest absolute Gasteiger partial charge is 0.244 e. The predicted molar refractivity (Wildman–Crippen MR) is 170 cm³/mol. The molecule has 2 unspecified atom stereocenters. The van der Waals surface area contributed by atoms with Crippen LogP contribution in [-0.2, 0) is 32.6 Å². The van der Waals surface area contributed by atoms with Crippen molar-refractivity contribution in [1.29, 1.82) is 0 Å². The third kappa shape index (κ3) is 9.09. The highest BCUT2D eigenvalue weighted by Gasteiger charge is 2.33. The molecule has 40 heavy (non-hydrogen) atoms. The molecule has 0 radical (unpaired) electrons. The quantitative estimate of drug-likeness (QED) is 0.236. The fourth-order valence-corrected chi connectivity index (χ4v) is 5.73. The first-order chi connectivity index (χ1) is 18.9. The van der Waals surface area contributed by atoms with Crippen LogP contribution in [0.15, 0.2) is 72.8 Å². The van der Waals surface area contributed by atoms with Crippen molar-refractivity contribution in [1.82, 2.24) is 10.2 Å². The van der Waals surface area contributed by atoms with Gasteiger partial charge in [-0.15, -0.1) is 0 Å². The maximum Gasteiger partial charge on any atom is 0.244 e. The summed E-state index contributed by atoms with van der Waals surface area (Å²) in [4.78, 5) is 29.2. The van der Waals surface area contributed by atoms with Crippen molar-refractivity contribution in [3.8, 4) is 0 Å². The minimum absolute atomic E-state index is 0.0233. The number of carbonyl (C=O) groups excluding carboxylic acids is 2.